The first kappa shape index (κ1) is 10.9. The van der Waals surface area contributed by atoms with Gasteiger partial charge in [0.05, 0.1) is 11.3 Å². The molecule has 1 aliphatic heterocycles. The predicted octanol–water partition coefficient (Wildman–Crippen LogP) is 2.07. The fourth-order valence-electron chi connectivity index (χ4n) is 1.83. The molecule has 1 aliphatic rings. The first-order chi connectivity index (χ1) is 7.58. The molecule has 0 amide bonds. The summed E-state index contributed by atoms with van der Waals surface area (Å²) in [4.78, 5) is 12.2. The molecule has 16 heavy (non-hydrogen) atoms. The van der Waals surface area contributed by atoms with Crippen molar-refractivity contribution >= 4 is 11.7 Å². The summed E-state index contributed by atoms with van der Waals surface area (Å²) >= 11 is 0. The molecule has 1 aromatic carbocycles. The lowest BCUT2D eigenvalue weighted by atomic mass is 10.2. The van der Waals surface area contributed by atoms with Gasteiger partial charge in [0.1, 0.15) is 12.0 Å². The number of nitrogens with zero attached hydrogens (tertiary/aromatic N) is 1. The van der Waals surface area contributed by atoms with Crippen LogP contribution < -0.4 is 4.90 Å². The van der Waals surface area contributed by atoms with Gasteiger partial charge in [-0.2, -0.15) is 0 Å². The van der Waals surface area contributed by atoms with Gasteiger partial charge in [0.25, 0.3) is 0 Å². The van der Waals surface area contributed by atoms with E-state index in [4.69, 9.17) is 5.11 Å². The summed E-state index contributed by atoms with van der Waals surface area (Å²) in [6.45, 7) is 0.633. The molecular weight excluding hydrogens is 216 g/mol. The summed E-state index contributed by atoms with van der Waals surface area (Å²) in [5, 5.41) is 8.67. The number of carboxylic acid groups (broad SMARTS) is 1. The number of hydrogen-bond donors (Lipinski definition) is 1. The molecule has 1 heterocycles. The Morgan fingerprint density at radius 3 is 2.75 bits per heavy atom. The number of carboxylic acids is 1. The van der Waals surface area contributed by atoms with E-state index in [-0.39, 0.29) is 17.8 Å². The van der Waals surface area contributed by atoms with Gasteiger partial charge in [-0.05, 0) is 24.6 Å². The highest BCUT2D eigenvalue weighted by Crippen LogP contribution is 2.25. The van der Waals surface area contributed by atoms with Crippen molar-refractivity contribution < 1.29 is 18.7 Å². The standard InChI is InChI=1S/C11H11F2NO2/c12-8-3-4-14(6-8)10-2-1-7(11(15)16)5-9(10)13/h1-2,5,8H,3-4,6H2,(H,15,16). The van der Waals surface area contributed by atoms with Gasteiger partial charge in [-0.25, -0.2) is 13.6 Å². The van der Waals surface area contributed by atoms with E-state index < -0.39 is 18.0 Å². The maximum atomic E-state index is 13.6. The van der Waals surface area contributed by atoms with Crippen molar-refractivity contribution in [3.05, 3.63) is 29.6 Å². The first-order valence-electron chi connectivity index (χ1n) is 5.00. The fraction of sp³-hybridized carbons (Fsp3) is 0.364. The molecule has 86 valence electrons. The average molecular weight is 227 g/mol. The Morgan fingerprint density at radius 2 is 2.25 bits per heavy atom. The predicted molar refractivity (Wildman–Crippen MR) is 55.1 cm³/mol. The molecule has 3 nitrogen and oxygen atoms in total. The third kappa shape index (κ3) is 1.98. The minimum atomic E-state index is -1.17. The minimum absolute atomic E-state index is 0.0998. The van der Waals surface area contributed by atoms with Crippen LogP contribution in [0.15, 0.2) is 18.2 Å². The second-order valence-electron chi connectivity index (χ2n) is 3.80. The Bertz CT molecular complexity index is 422. The van der Waals surface area contributed by atoms with Crippen LogP contribution in [0.4, 0.5) is 14.5 Å². The molecule has 1 atom stereocenters. The van der Waals surface area contributed by atoms with E-state index in [1.54, 1.807) is 4.90 Å². The van der Waals surface area contributed by atoms with E-state index in [0.717, 1.165) is 6.07 Å². The highest BCUT2D eigenvalue weighted by Gasteiger charge is 2.24. The van der Waals surface area contributed by atoms with Gasteiger partial charge < -0.3 is 10.0 Å². The molecule has 0 aliphatic carbocycles. The summed E-state index contributed by atoms with van der Waals surface area (Å²) in [5.74, 6) is -1.79. The maximum absolute atomic E-state index is 13.6. The lowest BCUT2D eigenvalue weighted by Gasteiger charge is -2.18. The molecule has 0 saturated carbocycles. The Kier molecular flexibility index (Phi) is 2.77. The summed E-state index contributed by atoms with van der Waals surface area (Å²) in [6, 6.07) is 3.67. The van der Waals surface area contributed by atoms with Crippen LogP contribution in [0.25, 0.3) is 0 Å². The Hall–Kier alpha value is -1.65. The highest BCUT2D eigenvalue weighted by atomic mass is 19.1. The van der Waals surface area contributed by atoms with Crippen LogP contribution in [-0.2, 0) is 0 Å². The van der Waals surface area contributed by atoms with E-state index in [2.05, 4.69) is 0 Å². The summed E-state index contributed by atoms with van der Waals surface area (Å²) in [5.41, 5.74) is 0.169. The number of halogens is 2. The zero-order valence-electron chi connectivity index (χ0n) is 8.49. The molecular formula is C11H11F2NO2. The summed E-state index contributed by atoms with van der Waals surface area (Å²) in [6.07, 6.45) is -0.543. The number of benzene rings is 1. The lowest BCUT2D eigenvalue weighted by molar-refractivity contribution is 0.0696. The molecule has 0 aromatic heterocycles. The van der Waals surface area contributed by atoms with Crippen molar-refractivity contribution in [1.82, 2.24) is 0 Å². The lowest BCUT2D eigenvalue weighted by Crippen LogP contribution is -2.21. The summed E-state index contributed by atoms with van der Waals surface area (Å²) in [7, 11) is 0. The Labute approximate surface area is 91.3 Å². The molecule has 1 fully saturated rings. The monoisotopic (exact) mass is 227 g/mol. The van der Waals surface area contributed by atoms with E-state index in [1.807, 2.05) is 0 Å². The van der Waals surface area contributed by atoms with Crippen molar-refractivity contribution in [3.8, 4) is 0 Å². The molecule has 2 rings (SSSR count). The third-order valence-electron chi connectivity index (χ3n) is 2.67. The maximum Gasteiger partial charge on any atom is 0.335 e. The van der Waals surface area contributed by atoms with Gasteiger partial charge in [0.15, 0.2) is 0 Å². The number of anilines is 1. The Morgan fingerprint density at radius 1 is 1.50 bits per heavy atom. The van der Waals surface area contributed by atoms with Crippen molar-refractivity contribution in [2.75, 3.05) is 18.0 Å². The van der Waals surface area contributed by atoms with Crippen LogP contribution in [0.1, 0.15) is 16.8 Å². The quantitative estimate of drug-likeness (QED) is 0.840. The van der Waals surface area contributed by atoms with Crippen molar-refractivity contribution in [2.24, 2.45) is 0 Å². The zero-order chi connectivity index (χ0) is 11.7. The highest BCUT2D eigenvalue weighted by molar-refractivity contribution is 5.88. The van der Waals surface area contributed by atoms with Gasteiger partial charge in [0, 0.05) is 13.1 Å². The minimum Gasteiger partial charge on any atom is -0.478 e. The van der Waals surface area contributed by atoms with Gasteiger partial charge in [-0.15, -0.1) is 0 Å². The average Bonchev–Trinajstić information content (AvgIpc) is 2.64. The topological polar surface area (TPSA) is 40.5 Å². The van der Waals surface area contributed by atoms with Crippen molar-refractivity contribution in [1.29, 1.82) is 0 Å². The number of alkyl halides is 1. The number of hydrogen-bond acceptors (Lipinski definition) is 2. The van der Waals surface area contributed by atoms with E-state index in [0.29, 0.717) is 13.0 Å². The second-order valence-corrected chi connectivity index (χ2v) is 3.80. The van der Waals surface area contributed by atoms with Crippen LogP contribution in [0.3, 0.4) is 0 Å². The largest absolute Gasteiger partial charge is 0.478 e. The van der Waals surface area contributed by atoms with E-state index in [9.17, 15) is 13.6 Å². The van der Waals surface area contributed by atoms with E-state index in [1.165, 1.54) is 12.1 Å². The van der Waals surface area contributed by atoms with Crippen LogP contribution in [-0.4, -0.2) is 30.3 Å². The molecule has 0 spiro atoms. The SMILES string of the molecule is O=C(O)c1ccc(N2CCC(F)C2)c(F)c1. The van der Waals surface area contributed by atoms with Gasteiger partial charge in [0.2, 0.25) is 0 Å². The van der Waals surface area contributed by atoms with Crippen LogP contribution in [0.2, 0.25) is 0 Å². The van der Waals surface area contributed by atoms with Crippen molar-refractivity contribution in [2.45, 2.75) is 12.6 Å². The molecule has 1 aromatic rings. The number of carbonyl (C=O) groups is 1. The fourth-order valence-corrected chi connectivity index (χ4v) is 1.83. The van der Waals surface area contributed by atoms with Gasteiger partial charge >= 0.3 is 5.97 Å². The number of rotatable bonds is 2. The second kappa shape index (κ2) is 4.08. The molecule has 1 N–H and O–H groups in total. The number of aromatic carboxylic acids is 1. The van der Waals surface area contributed by atoms with Crippen LogP contribution >= 0.6 is 0 Å². The molecule has 0 bridgehead atoms. The van der Waals surface area contributed by atoms with Crippen LogP contribution in [0, 0.1) is 5.82 Å². The normalized spacial score (nSPS) is 20.1. The Balaban J connectivity index is 2.26. The molecule has 5 heteroatoms. The molecule has 0 radical (unpaired) electrons. The van der Waals surface area contributed by atoms with Crippen molar-refractivity contribution in [3.63, 3.8) is 0 Å². The van der Waals surface area contributed by atoms with E-state index >= 15 is 0 Å². The van der Waals surface area contributed by atoms with Crippen LogP contribution in [0.5, 0.6) is 0 Å². The zero-order valence-corrected chi connectivity index (χ0v) is 8.49. The molecule has 1 unspecified atom stereocenters. The third-order valence-corrected chi connectivity index (χ3v) is 2.67. The van der Waals surface area contributed by atoms with Gasteiger partial charge in [-0.3, -0.25) is 0 Å². The first-order valence-corrected chi connectivity index (χ1v) is 5.00. The van der Waals surface area contributed by atoms with Gasteiger partial charge in [-0.1, -0.05) is 0 Å². The smallest absolute Gasteiger partial charge is 0.335 e. The summed E-state index contributed by atoms with van der Waals surface area (Å²) < 4.78 is 26.5. The molecule has 1 saturated heterocycles.